The lowest BCUT2D eigenvalue weighted by Gasteiger charge is -2.17. The van der Waals surface area contributed by atoms with Crippen molar-refractivity contribution >= 4 is 42.4 Å². The van der Waals surface area contributed by atoms with Crippen molar-refractivity contribution < 1.29 is 21.3 Å². The van der Waals surface area contributed by atoms with Gasteiger partial charge in [-0.1, -0.05) is 0 Å². The lowest BCUT2D eigenvalue weighted by Crippen LogP contribution is -2.25. The number of benzene rings is 2. The minimum Gasteiger partial charge on any atom is -0.423 e. The number of rotatable bonds is 4. The zero-order chi connectivity index (χ0) is 19.9. The molecule has 10 heteroatoms. The van der Waals surface area contributed by atoms with Crippen molar-refractivity contribution in [1.29, 1.82) is 0 Å². The Morgan fingerprint density at radius 2 is 1.75 bits per heavy atom. The van der Waals surface area contributed by atoms with Crippen molar-refractivity contribution in [2.45, 2.75) is 11.3 Å². The van der Waals surface area contributed by atoms with Crippen LogP contribution < -0.4 is 14.7 Å². The van der Waals surface area contributed by atoms with Crippen LogP contribution in [0.1, 0.15) is 6.42 Å². The summed E-state index contributed by atoms with van der Waals surface area (Å²) in [7, 11) is -7.16. The standard InChI is InChI=1S/C18H16N2O6S2/c21-18-9-2-13-12-16(7-8-17(13)26-18)28(24,25)19-14-3-5-15(6-4-14)20-10-1-11-27(20,22)23/h2-9,12,19H,1,10-11H2. The van der Waals surface area contributed by atoms with Gasteiger partial charge in [0.1, 0.15) is 5.58 Å². The molecule has 0 radical (unpaired) electrons. The highest BCUT2D eigenvalue weighted by molar-refractivity contribution is 7.93. The summed E-state index contributed by atoms with van der Waals surface area (Å²) < 4.78 is 58.0. The second-order valence-electron chi connectivity index (χ2n) is 6.35. The van der Waals surface area contributed by atoms with E-state index in [1.54, 1.807) is 12.1 Å². The maximum atomic E-state index is 12.6. The van der Waals surface area contributed by atoms with Crippen molar-refractivity contribution in [3.8, 4) is 0 Å². The van der Waals surface area contributed by atoms with Crippen molar-refractivity contribution in [3.63, 3.8) is 0 Å². The van der Waals surface area contributed by atoms with Gasteiger partial charge >= 0.3 is 5.63 Å². The fourth-order valence-electron chi connectivity index (χ4n) is 3.06. The summed E-state index contributed by atoms with van der Waals surface area (Å²) in [5.41, 5.74) is 0.588. The van der Waals surface area contributed by atoms with E-state index < -0.39 is 25.7 Å². The van der Waals surface area contributed by atoms with Crippen LogP contribution in [-0.2, 0) is 20.0 Å². The van der Waals surface area contributed by atoms with E-state index in [1.807, 2.05) is 0 Å². The van der Waals surface area contributed by atoms with Gasteiger partial charge in [0, 0.05) is 23.7 Å². The molecule has 0 saturated carbocycles. The summed E-state index contributed by atoms with van der Waals surface area (Å²) in [6, 6.07) is 13.0. The van der Waals surface area contributed by atoms with E-state index in [1.165, 1.54) is 46.8 Å². The molecule has 0 bridgehead atoms. The smallest absolute Gasteiger partial charge is 0.336 e. The number of nitrogens with one attached hydrogen (secondary N) is 1. The molecule has 1 aliphatic rings. The molecule has 0 atom stereocenters. The van der Waals surface area contributed by atoms with E-state index >= 15 is 0 Å². The topological polar surface area (TPSA) is 114 Å². The summed E-state index contributed by atoms with van der Waals surface area (Å²) in [4.78, 5) is 11.2. The van der Waals surface area contributed by atoms with Gasteiger partial charge in [-0.05, 0) is 55.0 Å². The average molecular weight is 420 g/mol. The Morgan fingerprint density at radius 3 is 2.43 bits per heavy atom. The Labute approximate surface area is 161 Å². The summed E-state index contributed by atoms with van der Waals surface area (Å²) in [6.45, 7) is 0.417. The molecule has 3 aromatic rings. The van der Waals surface area contributed by atoms with E-state index in [0.29, 0.717) is 35.3 Å². The van der Waals surface area contributed by atoms with Crippen LogP contribution in [-0.4, -0.2) is 29.1 Å². The van der Waals surface area contributed by atoms with Gasteiger partial charge in [-0.2, -0.15) is 0 Å². The molecule has 4 rings (SSSR count). The number of hydrogen-bond acceptors (Lipinski definition) is 6. The summed E-state index contributed by atoms with van der Waals surface area (Å²) in [5.74, 6) is 0.115. The first-order valence-corrected chi connectivity index (χ1v) is 11.5. The zero-order valence-electron chi connectivity index (χ0n) is 14.5. The lowest BCUT2D eigenvalue weighted by molar-refractivity contribution is 0.560. The molecule has 1 saturated heterocycles. The fraction of sp³-hybridized carbons (Fsp3) is 0.167. The SMILES string of the molecule is O=c1ccc2cc(S(=O)(=O)Nc3ccc(N4CCCS4(=O)=O)cc3)ccc2o1. The van der Waals surface area contributed by atoms with Gasteiger partial charge in [-0.25, -0.2) is 21.6 Å². The van der Waals surface area contributed by atoms with Crippen LogP contribution in [0.3, 0.4) is 0 Å². The summed E-state index contributed by atoms with van der Waals surface area (Å²) in [5, 5.41) is 0.483. The minimum atomic E-state index is -3.87. The van der Waals surface area contributed by atoms with Crippen LogP contribution >= 0.6 is 0 Å². The maximum absolute atomic E-state index is 12.6. The maximum Gasteiger partial charge on any atom is 0.336 e. The number of hydrogen-bond donors (Lipinski definition) is 1. The largest absolute Gasteiger partial charge is 0.423 e. The van der Waals surface area contributed by atoms with Gasteiger partial charge in [-0.3, -0.25) is 9.03 Å². The van der Waals surface area contributed by atoms with Gasteiger partial charge in [0.15, 0.2) is 0 Å². The Bertz CT molecular complexity index is 1310. The predicted octanol–water partition coefficient (Wildman–Crippen LogP) is 2.13. The van der Waals surface area contributed by atoms with Crippen LogP contribution in [0.2, 0.25) is 0 Å². The van der Waals surface area contributed by atoms with Crippen LogP contribution in [0.5, 0.6) is 0 Å². The van der Waals surface area contributed by atoms with Gasteiger partial charge in [-0.15, -0.1) is 0 Å². The van der Waals surface area contributed by atoms with Crippen LogP contribution in [0, 0.1) is 0 Å². The van der Waals surface area contributed by atoms with Crippen molar-refractivity contribution in [2.24, 2.45) is 0 Å². The van der Waals surface area contributed by atoms with Gasteiger partial charge in [0.05, 0.1) is 16.3 Å². The molecule has 1 N–H and O–H groups in total. The lowest BCUT2D eigenvalue weighted by atomic mass is 10.2. The van der Waals surface area contributed by atoms with Crippen LogP contribution in [0.25, 0.3) is 11.0 Å². The van der Waals surface area contributed by atoms with Crippen molar-refractivity contribution in [1.82, 2.24) is 0 Å². The molecule has 0 amide bonds. The molecule has 0 aliphatic carbocycles. The third-order valence-electron chi connectivity index (χ3n) is 4.41. The number of sulfonamides is 2. The molecular weight excluding hydrogens is 404 g/mol. The van der Waals surface area contributed by atoms with Gasteiger partial charge in [0.2, 0.25) is 10.0 Å². The van der Waals surface area contributed by atoms with Crippen LogP contribution in [0.4, 0.5) is 11.4 Å². The first kappa shape index (κ1) is 18.5. The molecule has 2 aromatic carbocycles. The monoisotopic (exact) mass is 420 g/mol. The highest BCUT2D eigenvalue weighted by Gasteiger charge is 2.28. The summed E-state index contributed by atoms with van der Waals surface area (Å²) >= 11 is 0. The fourth-order valence-corrected chi connectivity index (χ4v) is 5.71. The Morgan fingerprint density at radius 1 is 1.00 bits per heavy atom. The molecule has 1 fully saturated rings. The molecule has 1 aliphatic heterocycles. The molecule has 0 unspecified atom stereocenters. The Kier molecular flexibility index (Phi) is 4.39. The number of fused-ring (bicyclic) bond motifs is 1. The Hall–Kier alpha value is -2.85. The van der Waals surface area contributed by atoms with E-state index in [9.17, 15) is 21.6 Å². The molecule has 28 heavy (non-hydrogen) atoms. The number of anilines is 2. The molecule has 146 valence electrons. The van der Waals surface area contributed by atoms with Gasteiger partial charge in [0.25, 0.3) is 10.0 Å². The predicted molar refractivity (Wildman–Crippen MR) is 105 cm³/mol. The highest BCUT2D eigenvalue weighted by Crippen LogP contribution is 2.26. The zero-order valence-corrected chi connectivity index (χ0v) is 16.2. The van der Waals surface area contributed by atoms with E-state index in [2.05, 4.69) is 4.72 Å². The quantitative estimate of drug-likeness (QED) is 0.647. The second kappa shape index (κ2) is 6.64. The summed E-state index contributed by atoms with van der Waals surface area (Å²) in [6.07, 6.45) is 0.568. The number of nitrogens with zero attached hydrogens (tertiary/aromatic N) is 1. The molecular formula is C18H16N2O6S2. The second-order valence-corrected chi connectivity index (χ2v) is 10.0. The Balaban J connectivity index is 1.59. The van der Waals surface area contributed by atoms with Crippen molar-refractivity contribution in [3.05, 3.63) is 65.0 Å². The van der Waals surface area contributed by atoms with E-state index in [0.717, 1.165) is 0 Å². The van der Waals surface area contributed by atoms with Crippen molar-refractivity contribution in [2.75, 3.05) is 21.3 Å². The van der Waals surface area contributed by atoms with E-state index in [4.69, 9.17) is 4.42 Å². The molecule has 8 nitrogen and oxygen atoms in total. The van der Waals surface area contributed by atoms with E-state index in [-0.39, 0.29) is 10.6 Å². The average Bonchev–Trinajstić information content (AvgIpc) is 3.00. The van der Waals surface area contributed by atoms with Crippen LogP contribution in [0.15, 0.2) is 68.7 Å². The third kappa shape index (κ3) is 3.48. The normalized spacial score (nSPS) is 16.4. The molecule has 0 spiro atoms. The molecule has 1 aromatic heterocycles. The van der Waals surface area contributed by atoms with Gasteiger partial charge < -0.3 is 4.42 Å². The third-order valence-corrected chi connectivity index (χ3v) is 7.66. The minimum absolute atomic E-state index is 0.0139. The first-order chi connectivity index (χ1) is 13.2. The first-order valence-electron chi connectivity index (χ1n) is 8.42. The highest BCUT2D eigenvalue weighted by atomic mass is 32.2. The molecule has 2 heterocycles.